The van der Waals surface area contributed by atoms with Crippen molar-refractivity contribution in [2.75, 3.05) is 13.2 Å². The fraction of sp³-hybridized carbons (Fsp3) is 0.381. The summed E-state index contributed by atoms with van der Waals surface area (Å²) < 4.78 is 97.7. The van der Waals surface area contributed by atoms with E-state index in [2.05, 4.69) is 15.6 Å². The van der Waals surface area contributed by atoms with Gasteiger partial charge in [0, 0.05) is 12.2 Å². The third-order valence-corrected chi connectivity index (χ3v) is 5.14. The van der Waals surface area contributed by atoms with Crippen molar-refractivity contribution in [3.8, 4) is 0 Å². The van der Waals surface area contributed by atoms with Crippen LogP contribution < -0.4 is 10.6 Å². The van der Waals surface area contributed by atoms with Crippen LogP contribution in [-0.2, 0) is 29.9 Å². The molecule has 0 radical (unpaired) electrons. The lowest BCUT2D eigenvalue weighted by molar-refractivity contribution is -0.162. The van der Waals surface area contributed by atoms with Crippen molar-refractivity contribution in [2.45, 2.75) is 37.7 Å². The molecule has 184 valence electrons. The molecule has 1 aromatic carbocycles. The Morgan fingerprint density at radius 3 is 2.47 bits per heavy atom. The second kappa shape index (κ2) is 9.85. The van der Waals surface area contributed by atoms with Crippen LogP contribution >= 0.6 is 0 Å². The molecule has 0 spiro atoms. The highest BCUT2D eigenvalue weighted by Gasteiger charge is 2.45. The Morgan fingerprint density at radius 2 is 1.82 bits per heavy atom. The molecule has 0 saturated heterocycles. The number of aromatic nitrogens is 1. The number of hydrogen-bond acceptors (Lipinski definition) is 4. The number of halogens is 7. The number of nitrogens with zero attached hydrogens (tertiary/aromatic N) is 1. The Labute approximate surface area is 188 Å². The highest BCUT2D eigenvalue weighted by molar-refractivity contribution is 5.89. The second-order valence-corrected chi connectivity index (χ2v) is 7.44. The number of fused-ring (bicyclic) bond motifs is 1. The molecule has 2 N–H and O–H groups in total. The zero-order chi connectivity index (χ0) is 25.1. The average molecular weight is 493 g/mol. The van der Waals surface area contributed by atoms with Crippen molar-refractivity contribution < 1.29 is 45.1 Å². The minimum absolute atomic E-state index is 0.0000798. The first-order valence-corrected chi connectivity index (χ1v) is 9.99. The highest BCUT2D eigenvalue weighted by atomic mass is 19.4. The number of amides is 2. The van der Waals surface area contributed by atoms with E-state index in [0.717, 1.165) is 12.3 Å². The predicted octanol–water partition coefficient (Wildman–Crippen LogP) is 4.27. The molecule has 1 aromatic heterocycles. The molecule has 2 amide bonds. The van der Waals surface area contributed by atoms with Crippen molar-refractivity contribution in [3.05, 3.63) is 64.2 Å². The standard InChI is InChI=1S/C21H18F7N3O3/c22-17-14(2-1-7-29-17)18(32)34-9-8-30-19(33)31-12-4-5-13-11(10-12)3-6-15(20(23,24)25)16(13)21(26,27)28/h1-3,6-7,12H,4-5,8-10H2,(H2,30,31,33). The van der Waals surface area contributed by atoms with Crippen LogP contribution in [0.3, 0.4) is 0 Å². The van der Waals surface area contributed by atoms with Gasteiger partial charge in [-0.1, -0.05) is 6.07 Å². The molecule has 2 aromatic rings. The smallest absolute Gasteiger partial charge is 0.417 e. The van der Waals surface area contributed by atoms with E-state index in [4.69, 9.17) is 4.74 Å². The van der Waals surface area contributed by atoms with Crippen LogP contribution in [0.2, 0.25) is 0 Å². The zero-order valence-corrected chi connectivity index (χ0v) is 17.3. The van der Waals surface area contributed by atoms with Crippen LogP contribution in [0.15, 0.2) is 30.5 Å². The van der Waals surface area contributed by atoms with Crippen LogP contribution in [0, 0.1) is 5.95 Å². The number of pyridine rings is 1. The lowest BCUT2D eigenvalue weighted by Gasteiger charge is -2.29. The Kier molecular flexibility index (Phi) is 7.32. The van der Waals surface area contributed by atoms with Crippen LogP contribution in [-0.4, -0.2) is 36.2 Å². The van der Waals surface area contributed by atoms with Crippen molar-refractivity contribution in [2.24, 2.45) is 0 Å². The van der Waals surface area contributed by atoms with E-state index in [1.807, 2.05) is 0 Å². The fourth-order valence-corrected chi connectivity index (χ4v) is 3.70. The third-order valence-electron chi connectivity index (χ3n) is 5.14. The zero-order valence-electron chi connectivity index (χ0n) is 17.3. The molecule has 6 nitrogen and oxygen atoms in total. The summed E-state index contributed by atoms with van der Waals surface area (Å²) in [6.07, 6.45) is -9.56. The maximum absolute atomic E-state index is 13.4. The lowest BCUT2D eigenvalue weighted by atomic mass is 9.83. The van der Waals surface area contributed by atoms with Crippen LogP contribution in [0.1, 0.15) is 39.0 Å². The van der Waals surface area contributed by atoms with Crippen molar-refractivity contribution >= 4 is 12.0 Å². The van der Waals surface area contributed by atoms with Gasteiger partial charge in [0.25, 0.3) is 0 Å². The summed E-state index contributed by atoms with van der Waals surface area (Å²) in [7, 11) is 0. The van der Waals surface area contributed by atoms with Gasteiger partial charge in [0.05, 0.1) is 17.7 Å². The second-order valence-electron chi connectivity index (χ2n) is 7.44. The van der Waals surface area contributed by atoms with Crippen molar-refractivity contribution in [3.63, 3.8) is 0 Å². The van der Waals surface area contributed by atoms with Crippen LogP contribution in [0.25, 0.3) is 0 Å². The van der Waals surface area contributed by atoms with Gasteiger partial charge in [0.2, 0.25) is 5.95 Å². The molecule has 0 saturated carbocycles. The number of alkyl halides is 6. The molecular weight excluding hydrogens is 475 g/mol. The molecule has 13 heteroatoms. The number of hydrogen-bond donors (Lipinski definition) is 2. The summed E-state index contributed by atoms with van der Waals surface area (Å²) in [5, 5.41) is 4.90. The fourth-order valence-electron chi connectivity index (χ4n) is 3.70. The van der Waals surface area contributed by atoms with E-state index in [1.54, 1.807) is 0 Å². The van der Waals surface area contributed by atoms with Gasteiger partial charge >= 0.3 is 24.4 Å². The molecule has 3 rings (SSSR count). The van der Waals surface area contributed by atoms with E-state index >= 15 is 0 Å². The minimum Gasteiger partial charge on any atom is -0.460 e. The summed E-state index contributed by atoms with van der Waals surface area (Å²) in [5.41, 5.74) is -4.14. The number of ether oxygens (including phenoxy) is 1. The molecular formula is C21H18F7N3O3. The summed E-state index contributed by atoms with van der Waals surface area (Å²) in [5.74, 6) is -1.98. The summed E-state index contributed by atoms with van der Waals surface area (Å²) in [4.78, 5) is 27.1. The molecule has 0 fully saturated rings. The first kappa shape index (κ1) is 25.2. The molecule has 0 bridgehead atoms. The van der Waals surface area contributed by atoms with E-state index in [-0.39, 0.29) is 43.5 Å². The molecule has 1 atom stereocenters. The number of urea groups is 1. The summed E-state index contributed by atoms with van der Waals surface area (Å²) >= 11 is 0. The first-order valence-electron chi connectivity index (χ1n) is 9.99. The third kappa shape index (κ3) is 5.94. The summed E-state index contributed by atoms with van der Waals surface area (Å²) in [6, 6.07) is 2.60. The summed E-state index contributed by atoms with van der Waals surface area (Å²) in [6.45, 7) is -0.431. The maximum Gasteiger partial charge on any atom is 0.417 e. The Balaban J connectivity index is 1.55. The lowest BCUT2D eigenvalue weighted by Crippen LogP contribution is -2.45. The van der Waals surface area contributed by atoms with Gasteiger partial charge in [0.15, 0.2) is 0 Å². The number of carbonyl (C=O) groups is 2. The van der Waals surface area contributed by atoms with Gasteiger partial charge in [-0.2, -0.15) is 30.7 Å². The number of carbonyl (C=O) groups excluding carboxylic acids is 2. The molecule has 1 aliphatic carbocycles. The highest BCUT2D eigenvalue weighted by Crippen LogP contribution is 2.44. The van der Waals surface area contributed by atoms with E-state index in [1.165, 1.54) is 12.1 Å². The largest absolute Gasteiger partial charge is 0.460 e. The van der Waals surface area contributed by atoms with Gasteiger partial charge in [-0.25, -0.2) is 14.6 Å². The van der Waals surface area contributed by atoms with Gasteiger partial charge in [-0.05, 0) is 48.6 Å². The molecule has 0 aliphatic heterocycles. The predicted molar refractivity (Wildman–Crippen MR) is 103 cm³/mol. The Morgan fingerprint density at radius 1 is 1.09 bits per heavy atom. The monoisotopic (exact) mass is 493 g/mol. The SMILES string of the molecule is O=C(NCCOC(=O)c1cccnc1F)NC1CCc2c(ccc(C(F)(F)F)c2C(F)(F)F)C1. The topological polar surface area (TPSA) is 80.3 Å². The van der Waals surface area contributed by atoms with E-state index in [0.29, 0.717) is 6.07 Å². The Hall–Kier alpha value is -3.38. The molecule has 1 aliphatic rings. The number of esters is 1. The first-order chi connectivity index (χ1) is 15.9. The normalized spacial score (nSPS) is 15.9. The van der Waals surface area contributed by atoms with Gasteiger partial charge < -0.3 is 15.4 Å². The van der Waals surface area contributed by atoms with Crippen molar-refractivity contribution in [1.82, 2.24) is 15.6 Å². The maximum atomic E-state index is 13.4. The number of benzene rings is 1. The average Bonchev–Trinajstić information content (AvgIpc) is 2.74. The minimum atomic E-state index is -5.18. The van der Waals surface area contributed by atoms with Gasteiger partial charge in [-0.3, -0.25) is 0 Å². The van der Waals surface area contributed by atoms with Gasteiger partial charge in [-0.15, -0.1) is 0 Å². The molecule has 1 unspecified atom stereocenters. The molecule has 1 heterocycles. The molecule has 34 heavy (non-hydrogen) atoms. The number of rotatable bonds is 5. The van der Waals surface area contributed by atoms with E-state index in [9.17, 15) is 40.3 Å². The van der Waals surface area contributed by atoms with Crippen LogP contribution in [0.4, 0.5) is 35.5 Å². The Bertz CT molecular complexity index is 1070. The van der Waals surface area contributed by atoms with Gasteiger partial charge in [0.1, 0.15) is 12.2 Å². The number of nitrogens with one attached hydrogen (secondary N) is 2. The van der Waals surface area contributed by atoms with E-state index < -0.39 is 53.0 Å². The van der Waals surface area contributed by atoms with Crippen LogP contribution in [0.5, 0.6) is 0 Å². The van der Waals surface area contributed by atoms with Crippen molar-refractivity contribution in [1.29, 1.82) is 0 Å². The quantitative estimate of drug-likeness (QED) is 0.282.